The summed E-state index contributed by atoms with van der Waals surface area (Å²) in [5.41, 5.74) is 1.14. The van der Waals surface area contributed by atoms with E-state index in [0.717, 1.165) is 5.52 Å². The van der Waals surface area contributed by atoms with E-state index in [4.69, 9.17) is 10.4 Å². The summed E-state index contributed by atoms with van der Waals surface area (Å²) < 4.78 is 0.717. The highest BCUT2D eigenvalue weighted by Crippen LogP contribution is 2.30. The largest absolute Gasteiger partial charge is 0.325 e. The molecule has 2 aromatic rings. The van der Waals surface area contributed by atoms with Gasteiger partial charge in [0.05, 0.1) is 39.6 Å². The number of benzene rings is 1. The lowest BCUT2D eigenvalue weighted by Gasteiger charge is -2.29. The van der Waals surface area contributed by atoms with Crippen LogP contribution in [-0.4, -0.2) is 62.2 Å². The molecule has 3 N–H and O–H groups in total. The summed E-state index contributed by atoms with van der Waals surface area (Å²) in [5.74, 6) is 0.145. The summed E-state index contributed by atoms with van der Waals surface area (Å²) in [6, 6.07) is 3.65. The molecule has 1 amide bonds. The van der Waals surface area contributed by atoms with Gasteiger partial charge in [-0.15, -0.1) is 0 Å². The predicted octanol–water partition coefficient (Wildman–Crippen LogP) is 2.04. The van der Waals surface area contributed by atoms with Gasteiger partial charge in [0, 0.05) is 18.9 Å². The first-order chi connectivity index (χ1) is 12.8. The van der Waals surface area contributed by atoms with E-state index >= 15 is 0 Å². The highest BCUT2D eigenvalue weighted by Gasteiger charge is 2.37. The number of amides is 1. The summed E-state index contributed by atoms with van der Waals surface area (Å²) in [6.45, 7) is 3.96. The first-order valence-corrected chi connectivity index (χ1v) is 8.92. The molecule has 0 radical (unpaired) electrons. The third-order valence-electron chi connectivity index (χ3n) is 4.03. The van der Waals surface area contributed by atoms with Crippen LogP contribution >= 0.6 is 15.9 Å². The average Bonchev–Trinajstić information content (AvgIpc) is 3.10. The smallest absolute Gasteiger partial charge is 0.237 e. The zero-order chi connectivity index (χ0) is 19.6. The van der Waals surface area contributed by atoms with Gasteiger partial charge in [0.1, 0.15) is 5.52 Å². The Bertz CT molecular complexity index is 888. The van der Waals surface area contributed by atoms with Crippen molar-refractivity contribution in [3.05, 3.63) is 29.0 Å². The maximum absolute atomic E-state index is 12.9. The molecule has 144 valence electrons. The minimum Gasteiger partial charge on any atom is -0.325 e. The Morgan fingerprint density at radius 3 is 2.85 bits per heavy atom. The van der Waals surface area contributed by atoms with Gasteiger partial charge in [0.15, 0.2) is 0 Å². The van der Waals surface area contributed by atoms with Gasteiger partial charge < -0.3 is 5.32 Å². The summed E-state index contributed by atoms with van der Waals surface area (Å²) in [6.07, 6.45) is 3.22. The second kappa shape index (κ2) is 7.82. The van der Waals surface area contributed by atoms with E-state index in [2.05, 4.69) is 41.0 Å². The maximum atomic E-state index is 12.9. The summed E-state index contributed by atoms with van der Waals surface area (Å²) in [7, 11) is 0. The van der Waals surface area contributed by atoms with Crippen molar-refractivity contribution in [3.8, 4) is 0 Å². The van der Waals surface area contributed by atoms with Crippen molar-refractivity contribution in [3.63, 3.8) is 0 Å². The first-order valence-electron chi connectivity index (χ1n) is 8.13. The van der Waals surface area contributed by atoms with Crippen molar-refractivity contribution in [1.82, 2.24) is 20.3 Å². The number of nitrogens with zero attached hydrogens (tertiary/aromatic N) is 5. The Labute approximate surface area is 163 Å². The van der Waals surface area contributed by atoms with Gasteiger partial charge in [0.2, 0.25) is 11.9 Å². The molecule has 0 aliphatic carbocycles. The molecule has 0 fully saturated rings. The number of carbonyl (C=O) groups is 1. The fraction of sp³-hybridized carbons (Fsp3) is 0.375. The summed E-state index contributed by atoms with van der Waals surface area (Å²) in [5, 5.41) is 20.2. The van der Waals surface area contributed by atoms with Crippen LogP contribution in [-0.2, 0) is 9.63 Å². The molecule has 27 heavy (non-hydrogen) atoms. The van der Waals surface area contributed by atoms with Gasteiger partial charge in [-0.1, -0.05) is 0 Å². The van der Waals surface area contributed by atoms with Crippen LogP contribution < -0.4 is 5.32 Å². The van der Waals surface area contributed by atoms with Crippen LogP contribution in [0.3, 0.4) is 0 Å². The van der Waals surface area contributed by atoms with Gasteiger partial charge in [-0.05, 0) is 41.9 Å². The Balaban J connectivity index is 1.79. The van der Waals surface area contributed by atoms with Crippen LogP contribution in [0.25, 0.3) is 11.0 Å². The molecular formula is C16H19BrN6O4. The number of rotatable bonds is 5. The van der Waals surface area contributed by atoms with Gasteiger partial charge in [-0.3, -0.25) is 35.1 Å². The van der Waals surface area contributed by atoms with E-state index in [0.29, 0.717) is 34.7 Å². The van der Waals surface area contributed by atoms with Crippen molar-refractivity contribution in [2.45, 2.75) is 13.8 Å². The topological polar surface area (TPSA) is 123 Å². The van der Waals surface area contributed by atoms with Crippen LogP contribution in [0, 0.1) is 5.41 Å². The number of fused-ring (bicyclic) bond motifs is 1. The molecular weight excluding hydrogens is 420 g/mol. The molecule has 1 aliphatic rings. The molecule has 0 atom stereocenters. The number of guanidine groups is 1. The minimum atomic E-state index is -0.997. The second-order valence-electron chi connectivity index (χ2n) is 6.55. The monoisotopic (exact) mass is 438 g/mol. The van der Waals surface area contributed by atoms with Crippen molar-refractivity contribution in [2.75, 3.05) is 25.0 Å². The lowest BCUT2D eigenvalue weighted by Crippen LogP contribution is -2.47. The number of halogens is 1. The quantitative estimate of drug-likeness (QED) is 0.605. The molecule has 2 heterocycles. The molecule has 1 aliphatic heterocycles. The fourth-order valence-corrected chi connectivity index (χ4v) is 3.15. The van der Waals surface area contributed by atoms with Crippen LogP contribution in [0.15, 0.2) is 34.0 Å². The Hall–Kier alpha value is -2.18. The van der Waals surface area contributed by atoms with E-state index in [1.807, 2.05) is 12.1 Å². The molecule has 10 nitrogen and oxygen atoms in total. The van der Waals surface area contributed by atoms with Gasteiger partial charge in [-0.2, -0.15) is 0 Å². The summed E-state index contributed by atoms with van der Waals surface area (Å²) in [4.78, 5) is 31.9. The fourth-order valence-electron chi connectivity index (χ4n) is 2.62. The van der Waals surface area contributed by atoms with Crippen LogP contribution in [0.1, 0.15) is 13.8 Å². The van der Waals surface area contributed by atoms with Gasteiger partial charge in [0.25, 0.3) is 0 Å². The SMILES string of the molecule is CC(C)(CON(O)O)C(=O)N1CCN=C1Nc1ccc2nccnc2c1Br. The first kappa shape index (κ1) is 19.6. The standard InChI is InChI=1S/C16H19BrN6O4/c1-16(2,9-27-23(25)26)14(24)22-8-7-20-15(22)21-10-3-4-11-13(12(10)17)19-6-5-18-11/h3-6,25-26H,7-9H2,1-2H3,(H,20,21). The number of hydrogen-bond donors (Lipinski definition) is 3. The molecule has 0 saturated carbocycles. The lowest BCUT2D eigenvalue weighted by molar-refractivity contribution is -0.495. The number of hydrogen-bond acceptors (Lipinski definition) is 9. The molecule has 0 unspecified atom stereocenters. The average molecular weight is 439 g/mol. The number of aliphatic imine (C=N–C) groups is 1. The van der Waals surface area contributed by atoms with Crippen molar-refractivity contribution < 1.29 is 20.0 Å². The Morgan fingerprint density at radius 1 is 1.37 bits per heavy atom. The van der Waals surface area contributed by atoms with Crippen LogP contribution in [0.4, 0.5) is 5.69 Å². The molecule has 1 aromatic heterocycles. The molecule has 0 spiro atoms. The van der Waals surface area contributed by atoms with E-state index in [1.54, 1.807) is 26.2 Å². The molecule has 1 aromatic carbocycles. The van der Waals surface area contributed by atoms with Crippen molar-refractivity contribution in [1.29, 1.82) is 0 Å². The highest BCUT2D eigenvalue weighted by molar-refractivity contribution is 9.10. The zero-order valence-corrected chi connectivity index (χ0v) is 16.3. The van der Waals surface area contributed by atoms with E-state index in [9.17, 15) is 4.79 Å². The summed E-state index contributed by atoms with van der Waals surface area (Å²) >= 11 is 3.52. The van der Waals surface area contributed by atoms with Crippen LogP contribution in [0.2, 0.25) is 0 Å². The van der Waals surface area contributed by atoms with Gasteiger partial charge in [-0.25, -0.2) is 4.84 Å². The van der Waals surface area contributed by atoms with E-state index < -0.39 is 10.8 Å². The van der Waals surface area contributed by atoms with Crippen molar-refractivity contribution >= 4 is 44.5 Å². The third kappa shape index (κ3) is 4.22. The normalized spacial score (nSPS) is 14.7. The second-order valence-corrected chi connectivity index (χ2v) is 7.34. The number of carbonyl (C=O) groups excluding carboxylic acids is 1. The Morgan fingerprint density at radius 2 is 2.11 bits per heavy atom. The predicted molar refractivity (Wildman–Crippen MR) is 100 cm³/mol. The molecule has 11 heteroatoms. The molecule has 3 rings (SSSR count). The number of aromatic nitrogens is 2. The van der Waals surface area contributed by atoms with Crippen molar-refractivity contribution in [2.24, 2.45) is 10.4 Å². The molecule has 0 bridgehead atoms. The number of nitrogens with one attached hydrogen (secondary N) is 1. The Kier molecular flexibility index (Phi) is 5.67. The van der Waals surface area contributed by atoms with E-state index in [1.165, 1.54) is 4.90 Å². The highest BCUT2D eigenvalue weighted by atomic mass is 79.9. The lowest BCUT2D eigenvalue weighted by atomic mass is 9.93. The van der Waals surface area contributed by atoms with Crippen LogP contribution in [0.5, 0.6) is 0 Å². The zero-order valence-electron chi connectivity index (χ0n) is 14.8. The number of anilines is 1. The minimum absolute atomic E-state index is 0.210. The maximum Gasteiger partial charge on any atom is 0.237 e. The molecule has 0 saturated heterocycles. The van der Waals surface area contributed by atoms with Gasteiger partial charge >= 0.3 is 0 Å². The van der Waals surface area contributed by atoms with E-state index in [-0.39, 0.29) is 12.5 Å². The third-order valence-corrected chi connectivity index (χ3v) is 4.83.